The van der Waals surface area contributed by atoms with Gasteiger partial charge in [0.15, 0.2) is 0 Å². The summed E-state index contributed by atoms with van der Waals surface area (Å²) in [7, 11) is 0. The molecule has 0 aliphatic carbocycles. The van der Waals surface area contributed by atoms with Crippen LogP contribution in [0.4, 0.5) is 11.5 Å². The van der Waals surface area contributed by atoms with Gasteiger partial charge in [0.25, 0.3) is 0 Å². The van der Waals surface area contributed by atoms with Gasteiger partial charge in [-0.3, -0.25) is 4.79 Å². The molecule has 0 fully saturated rings. The molecular weight excluding hydrogens is 296 g/mol. The van der Waals surface area contributed by atoms with Crippen molar-refractivity contribution in [1.29, 1.82) is 0 Å². The lowest BCUT2D eigenvalue weighted by atomic mass is 9.87. The topological polar surface area (TPSA) is 94.0 Å². The molecule has 0 aromatic carbocycles. The number of nitrogens with two attached hydrogens (primary N) is 2. The Balaban J connectivity index is 3.18. The highest BCUT2D eigenvalue weighted by atomic mass is 79.9. The second kappa shape index (κ2) is 5.14. The summed E-state index contributed by atoms with van der Waals surface area (Å²) >= 11 is 3.42. The number of carbonyl (C=O) groups excluding carboxylic acids is 1. The Kier molecular flexibility index (Phi) is 4.21. The Hall–Kier alpha value is -1.30. The maximum absolute atomic E-state index is 11.6. The molecule has 0 saturated carbocycles. The fourth-order valence-corrected chi connectivity index (χ4v) is 1.85. The Morgan fingerprint density at radius 1 is 1.56 bits per heavy atom. The third-order valence-electron chi connectivity index (χ3n) is 3.35. The predicted octanol–water partition coefficient (Wildman–Crippen LogP) is 2.05. The van der Waals surface area contributed by atoms with Crippen molar-refractivity contribution < 1.29 is 4.79 Å². The first kappa shape index (κ1) is 14.8. The number of aromatic nitrogens is 1. The minimum atomic E-state index is -0.863. The number of nitrogen functional groups attached to an aromatic ring is 1. The van der Waals surface area contributed by atoms with E-state index in [1.807, 2.05) is 20.8 Å². The maximum Gasteiger partial charge on any atom is 0.243 e. The summed E-state index contributed by atoms with van der Waals surface area (Å²) in [5.41, 5.74) is 11.8. The highest BCUT2D eigenvalue weighted by Crippen LogP contribution is 2.31. The van der Waals surface area contributed by atoms with Crippen LogP contribution in [0.5, 0.6) is 0 Å². The van der Waals surface area contributed by atoms with Gasteiger partial charge in [-0.05, 0) is 41.3 Å². The van der Waals surface area contributed by atoms with Crippen molar-refractivity contribution in [2.24, 2.45) is 11.7 Å². The standard InChI is InChI=1S/C12H19BrN4O/c1-6(2)12(4,11(15)18)17-10-9(13)7(3)8(14)5-16-10/h5-6H,14H2,1-4H3,(H2,15,18)(H,16,17). The van der Waals surface area contributed by atoms with E-state index >= 15 is 0 Å². The second-order valence-electron chi connectivity index (χ2n) is 4.85. The number of pyridine rings is 1. The molecule has 1 rings (SSSR count). The van der Waals surface area contributed by atoms with Crippen LogP contribution in [0.25, 0.3) is 0 Å². The smallest absolute Gasteiger partial charge is 0.243 e. The zero-order valence-corrected chi connectivity index (χ0v) is 12.6. The monoisotopic (exact) mass is 314 g/mol. The molecule has 6 heteroatoms. The summed E-state index contributed by atoms with van der Waals surface area (Å²) in [6.45, 7) is 7.49. The van der Waals surface area contributed by atoms with E-state index < -0.39 is 11.4 Å². The molecule has 5 nitrogen and oxygen atoms in total. The van der Waals surface area contributed by atoms with Gasteiger partial charge in [0.2, 0.25) is 5.91 Å². The molecule has 0 aliphatic heterocycles. The van der Waals surface area contributed by atoms with Crippen molar-refractivity contribution in [3.8, 4) is 0 Å². The van der Waals surface area contributed by atoms with E-state index in [9.17, 15) is 4.79 Å². The lowest BCUT2D eigenvalue weighted by Gasteiger charge is -2.32. The molecular formula is C12H19BrN4O. The third-order valence-corrected chi connectivity index (χ3v) is 4.32. The van der Waals surface area contributed by atoms with Crippen molar-refractivity contribution in [3.05, 3.63) is 16.2 Å². The van der Waals surface area contributed by atoms with Crippen molar-refractivity contribution in [2.75, 3.05) is 11.1 Å². The SMILES string of the molecule is Cc1c(N)cnc(NC(C)(C(N)=O)C(C)C)c1Br. The van der Waals surface area contributed by atoms with Crippen molar-refractivity contribution in [3.63, 3.8) is 0 Å². The summed E-state index contributed by atoms with van der Waals surface area (Å²) < 4.78 is 0.746. The fourth-order valence-electron chi connectivity index (χ4n) is 1.42. The predicted molar refractivity (Wildman–Crippen MR) is 77.1 cm³/mol. The summed E-state index contributed by atoms with van der Waals surface area (Å²) in [4.78, 5) is 15.8. The summed E-state index contributed by atoms with van der Waals surface area (Å²) in [6.07, 6.45) is 1.56. The van der Waals surface area contributed by atoms with Gasteiger partial charge in [0.1, 0.15) is 11.4 Å². The van der Waals surface area contributed by atoms with Gasteiger partial charge in [-0.25, -0.2) is 4.98 Å². The molecule has 0 saturated heterocycles. The molecule has 100 valence electrons. The Morgan fingerprint density at radius 2 is 2.11 bits per heavy atom. The molecule has 1 heterocycles. The Bertz CT molecular complexity index is 475. The lowest BCUT2D eigenvalue weighted by molar-refractivity contribution is -0.123. The number of hydrogen-bond acceptors (Lipinski definition) is 4. The molecule has 5 N–H and O–H groups in total. The number of primary amides is 1. The number of nitrogens with one attached hydrogen (secondary N) is 1. The van der Waals surface area contributed by atoms with E-state index in [2.05, 4.69) is 26.2 Å². The molecule has 0 radical (unpaired) electrons. The summed E-state index contributed by atoms with van der Waals surface area (Å²) in [5.74, 6) is 0.180. The van der Waals surface area contributed by atoms with E-state index in [0.717, 1.165) is 10.0 Å². The number of anilines is 2. The van der Waals surface area contributed by atoms with E-state index in [1.54, 1.807) is 13.1 Å². The number of rotatable bonds is 4. The van der Waals surface area contributed by atoms with Gasteiger partial charge >= 0.3 is 0 Å². The first-order chi connectivity index (χ1) is 8.20. The molecule has 1 aromatic heterocycles. The Labute approximate surface area is 115 Å². The molecule has 18 heavy (non-hydrogen) atoms. The molecule has 1 atom stereocenters. The molecule has 1 unspecified atom stereocenters. The number of carbonyl (C=O) groups is 1. The van der Waals surface area contributed by atoms with E-state index in [4.69, 9.17) is 11.5 Å². The van der Waals surface area contributed by atoms with Crippen molar-refractivity contribution in [2.45, 2.75) is 33.2 Å². The molecule has 0 spiro atoms. The van der Waals surface area contributed by atoms with Gasteiger partial charge < -0.3 is 16.8 Å². The van der Waals surface area contributed by atoms with Gasteiger partial charge in [0, 0.05) is 0 Å². The van der Waals surface area contributed by atoms with Gasteiger partial charge in [0.05, 0.1) is 16.4 Å². The van der Waals surface area contributed by atoms with Gasteiger partial charge in [-0.2, -0.15) is 0 Å². The largest absolute Gasteiger partial charge is 0.397 e. The quantitative estimate of drug-likeness (QED) is 0.792. The highest BCUT2D eigenvalue weighted by Gasteiger charge is 2.35. The zero-order valence-electron chi connectivity index (χ0n) is 11.0. The minimum Gasteiger partial charge on any atom is -0.397 e. The third kappa shape index (κ3) is 2.58. The van der Waals surface area contributed by atoms with Gasteiger partial charge in [-0.15, -0.1) is 0 Å². The number of amides is 1. The van der Waals surface area contributed by atoms with Crippen LogP contribution in [-0.2, 0) is 4.79 Å². The number of nitrogens with zero attached hydrogens (tertiary/aromatic N) is 1. The summed E-state index contributed by atoms with van der Waals surface area (Å²) in [6, 6.07) is 0. The van der Waals surface area contributed by atoms with E-state index in [0.29, 0.717) is 11.5 Å². The number of hydrogen-bond donors (Lipinski definition) is 3. The summed E-state index contributed by atoms with van der Waals surface area (Å²) in [5, 5.41) is 3.10. The second-order valence-corrected chi connectivity index (χ2v) is 5.64. The first-order valence-corrected chi connectivity index (χ1v) is 6.48. The van der Waals surface area contributed by atoms with Crippen LogP contribution in [-0.4, -0.2) is 16.4 Å². The molecule has 0 bridgehead atoms. The zero-order chi connectivity index (χ0) is 14.1. The normalized spacial score (nSPS) is 14.3. The average Bonchev–Trinajstić information content (AvgIpc) is 2.29. The van der Waals surface area contributed by atoms with Crippen LogP contribution in [0.1, 0.15) is 26.3 Å². The lowest BCUT2D eigenvalue weighted by Crippen LogP contribution is -2.52. The maximum atomic E-state index is 11.6. The van der Waals surface area contributed by atoms with E-state index in [1.165, 1.54) is 0 Å². The van der Waals surface area contributed by atoms with Crippen LogP contribution in [0.3, 0.4) is 0 Å². The number of halogens is 1. The molecule has 1 amide bonds. The average molecular weight is 315 g/mol. The molecule has 0 aliphatic rings. The molecule has 1 aromatic rings. The fraction of sp³-hybridized carbons (Fsp3) is 0.500. The van der Waals surface area contributed by atoms with Gasteiger partial charge in [-0.1, -0.05) is 13.8 Å². The van der Waals surface area contributed by atoms with Crippen LogP contribution in [0.2, 0.25) is 0 Å². The van der Waals surface area contributed by atoms with E-state index in [-0.39, 0.29) is 5.92 Å². The van der Waals surface area contributed by atoms with Crippen LogP contribution in [0.15, 0.2) is 10.7 Å². The van der Waals surface area contributed by atoms with Crippen molar-refractivity contribution >= 4 is 33.3 Å². The van der Waals surface area contributed by atoms with Crippen molar-refractivity contribution in [1.82, 2.24) is 4.98 Å². The van der Waals surface area contributed by atoms with Crippen LogP contribution in [0, 0.1) is 12.8 Å². The van der Waals surface area contributed by atoms with Crippen LogP contribution >= 0.6 is 15.9 Å². The highest BCUT2D eigenvalue weighted by molar-refractivity contribution is 9.10. The van der Waals surface area contributed by atoms with Crippen LogP contribution < -0.4 is 16.8 Å². The minimum absolute atomic E-state index is 0.0292. The first-order valence-electron chi connectivity index (χ1n) is 5.68. The Morgan fingerprint density at radius 3 is 2.56 bits per heavy atom.